The maximum absolute atomic E-state index is 12.4. The van der Waals surface area contributed by atoms with E-state index in [4.69, 9.17) is 0 Å². The van der Waals surface area contributed by atoms with Gasteiger partial charge in [0.05, 0.1) is 4.92 Å². The predicted octanol–water partition coefficient (Wildman–Crippen LogP) is 1.92. The minimum Gasteiger partial charge on any atom is -0.378 e. The summed E-state index contributed by atoms with van der Waals surface area (Å²) in [5, 5.41) is 14.4. The number of nitro groups is 1. The lowest BCUT2D eigenvalue weighted by atomic mass is 10.1. The van der Waals surface area contributed by atoms with Crippen LogP contribution in [-0.4, -0.2) is 51.8 Å². The zero-order valence-electron chi connectivity index (χ0n) is 14.2. The van der Waals surface area contributed by atoms with E-state index in [0.29, 0.717) is 12.2 Å². The number of hydrogen-bond donors (Lipinski definition) is 1. The molecule has 0 spiro atoms. The summed E-state index contributed by atoms with van der Waals surface area (Å²) in [6.45, 7) is 2.57. The van der Waals surface area contributed by atoms with E-state index in [1.54, 1.807) is 29.9 Å². The quantitative estimate of drug-likeness (QED) is 0.473. The molecule has 1 atom stereocenters. The largest absolute Gasteiger partial charge is 0.378 e. The number of anilines is 1. The van der Waals surface area contributed by atoms with Crippen LogP contribution in [0.1, 0.15) is 23.1 Å². The highest BCUT2D eigenvalue weighted by Gasteiger charge is 2.20. The summed E-state index contributed by atoms with van der Waals surface area (Å²) < 4.78 is 1.58. The third-order valence-electron chi connectivity index (χ3n) is 3.95. The monoisotopic (exact) mass is 331 g/mol. The number of carbonyl (C=O) groups is 1. The number of hydrogen-bond acceptors (Lipinski definition) is 6. The molecule has 0 saturated carbocycles. The molecule has 2 rings (SSSR count). The molecule has 0 aliphatic rings. The van der Waals surface area contributed by atoms with Crippen molar-refractivity contribution in [3.8, 4) is 0 Å². The first kappa shape index (κ1) is 17.6. The molecule has 8 nitrogen and oxygen atoms in total. The van der Waals surface area contributed by atoms with E-state index in [1.165, 1.54) is 12.3 Å². The summed E-state index contributed by atoms with van der Waals surface area (Å²) in [6, 6.07) is 4.64. The van der Waals surface area contributed by atoms with Crippen molar-refractivity contribution in [1.82, 2.24) is 14.5 Å². The van der Waals surface area contributed by atoms with Crippen molar-refractivity contribution >= 4 is 17.2 Å². The zero-order valence-corrected chi connectivity index (χ0v) is 14.2. The first-order chi connectivity index (χ1) is 11.3. The Labute approximate surface area is 140 Å². The maximum atomic E-state index is 12.4. The van der Waals surface area contributed by atoms with Crippen LogP contribution >= 0.6 is 0 Å². The van der Waals surface area contributed by atoms with Gasteiger partial charge in [0.25, 0.3) is 5.69 Å². The Morgan fingerprint density at radius 2 is 2.17 bits per heavy atom. The van der Waals surface area contributed by atoms with Gasteiger partial charge in [-0.1, -0.05) is 0 Å². The molecule has 8 heteroatoms. The fourth-order valence-electron chi connectivity index (χ4n) is 2.13. The molecule has 0 unspecified atom stereocenters. The lowest BCUT2D eigenvalue weighted by Gasteiger charge is -2.20. The summed E-state index contributed by atoms with van der Waals surface area (Å²) in [6.07, 6.45) is 3.17. The van der Waals surface area contributed by atoms with Gasteiger partial charge in [-0.3, -0.25) is 14.9 Å². The number of nitrogens with one attached hydrogen (secondary N) is 1. The second kappa shape index (κ2) is 7.22. The number of nitrogens with zero attached hydrogens (tertiary/aromatic N) is 4. The molecule has 128 valence electrons. The van der Waals surface area contributed by atoms with Crippen LogP contribution in [-0.2, 0) is 7.05 Å². The lowest BCUT2D eigenvalue weighted by molar-refractivity contribution is -0.384. The molecule has 1 aromatic carbocycles. The van der Waals surface area contributed by atoms with Crippen molar-refractivity contribution in [1.29, 1.82) is 0 Å². The van der Waals surface area contributed by atoms with E-state index in [-0.39, 0.29) is 28.9 Å². The van der Waals surface area contributed by atoms with Gasteiger partial charge in [-0.2, -0.15) is 0 Å². The van der Waals surface area contributed by atoms with Gasteiger partial charge >= 0.3 is 0 Å². The number of likely N-dealkylation sites (N-methyl/N-ethyl adjacent to an activating group) is 1. The number of benzene rings is 1. The summed E-state index contributed by atoms with van der Waals surface area (Å²) in [7, 11) is 5.58. The van der Waals surface area contributed by atoms with Gasteiger partial charge in [-0.15, -0.1) is 0 Å². The Morgan fingerprint density at radius 1 is 1.46 bits per heavy atom. The van der Waals surface area contributed by atoms with Gasteiger partial charge in [-0.25, -0.2) is 4.98 Å². The molecule has 1 aromatic heterocycles. The van der Waals surface area contributed by atoms with Crippen LogP contribution in [0, 0.1) is 10.1 Å². The lowest BCUT2D eigenvalue weighted by Crippen LogP contribution is -2.31. The molecule has 0 aliphatic carbocycles. The van der Waals surface area contributed by atoms with Gasteiger partial charge in [0, 0.05) is 43.7 Å². The number of aromatic nitrogens is 2. The fraction of sp³-hybridized carbons (Fsp3) is 0.375. The van der Waals surface area contributed by atoms with Crippen LogP contribution in [0.3, 0.4) is 0 Å². The molecule has 24 heavy (non-hydrogen) atoms. The van der Waals surface area contributed by atoms with E-state index in [1.807, 2.05) is 25.9 Å². The van der Waals surface area contributed by atoms with Crippen molar-refractivity contribution in [2.75, 3.05) is 26.0 Å². The molecule has 0 aliphatic heterocycles. The molecule has 2 aromatic rings. The summed E-state index contributed by atoms with van der Waals surface area (Å²) in [5.74, 6) is -0.106. The summed E-state index contributed by atoms with van der Waals surface area (Å²) in [5.41, 5.74) is 0.508. The highest BCUT2D eigenvalue weighted by atomic mass is 16.6. The van der Waals surface area contributed by atoms with Crippen LogP contribution < -0.4 is 5.32 Å². The van der Waals surface area contributed by atoms with Crippen LogP contribution in [0.15, 0.2) is 30.6 Å². The van der Waals surface area contributed by atoms with Crippen molar-refractivity contribution in [3.05, 3.63) is 52.1 Å². The average Bonchev–Trinajstić information content (AvgIpc) is 2.97. The van der Waals surface area contributed by atoms with Crippen molar-refractivity contribution in [2.45, 2.75) is 13.0 Å². The minimum absolute atomic E-state index is 0.124. The summed E-state index contributed by atoms with van der Waals surface area (Å²) >= 11 is 0. The number of aryl methyl sites for hydroxylation is 1. The Morgan fingerprint density at radius 3 is 2.71 bits per heavy atom. The van der Waals surface area contributed by atoms with Gasteiger partial charge in [0.1, 0.15) is 5.69 Å². The topological polar surface area (TPSA) is 93.3 Å². The molecule has 0 saturated heterocycles. The molecule has 0 fully saturated rings. The van der Waals surface area contributed by atoms with E-state index in [9.17, 15) is 14.9 Å². The third-order valence-corrected chi connectivity index (χ3v) is 3.95. The molecule has 1 heterocycles. The molecular formula is C16H21N5O3. The molecule has 0 amide bonds. The minimum atomic E-state index is -0.488. The highest BCUT2D eigenvalue weighted by molar-refractivity contribution is 6.07. The van der Waals surface area contributed by atoms with Crippen LogP contribution in [0.2, 0.25) is 0 Å². The zero-order chi connectivity index (χ0) is 17.9. The Kier molecular flexibility index (Phi) is 5.30. The smallest absolute Gasteiger partial charge is 0.293 e. The predicted molar refractivity (Wildman–Crippen MR) is 91.4 cm³/mol. The van der Waals surface area contributed by atoms with Gasteiger partial charge in [-0.05, 0) is 33.2 Å². The van der Waals surface area contributed by atoms with Gasteiger partial charge in [0.2, 0.25) is 5.78 Å². The molecule has 0 radical (unpaired) electrons. The van der Waals surface area contributed by atoms with Crippen LogP contribution in [0.5, 0.6) is 0 Å². The highest BCUT2D eigenvalue weighted by Crippen LogP contribution is 2.26. The van der Waals surface area contributed by atoms with Crippen molar-refractivity contribution in [3.63, 3.8) is 0 Å². The molecular weight excluding hydrogens is 310 g/mol. The summed E-state index contributed by atoms with van der Waals surface area (Å²) in [4.78, 5) is 29.3. The van der Waals surface area contributed by atoms with E-state index >= 15 is 0 Å². The first-order valence-electron chi connectivity index (χ1n) is 7.52. The second-order valence-corrected chi connectivity index (χ2v) is 5.87. The standard InChI is InChI=1S/C16H21N5O3/c1-11(19(2)3)10-18-13-6-5-12(9-14(13)21(23)24)15(22)16-17-7-8-20(16)4/h5-9,11,18H,10H2,1-4H3/t11-/m1/s1. The number of nitro benzene ring substituents is 1. The maximum Gasteiger partial charge on any atom is 0.293 e. The Bertz CT molecular complexity index is 754. The number of carbonyl (C=O) groups excluding carboxylic acids is 1. The van der Waals surface area contributed by atoms with Crippen LogP contribution in [0.25, 0.3) is 0 Å². The normalized spacial score (nSPS) is 12.2. The van der Waals surface area contributed by atoms with E-state index in [2.05, 4.69) is 10.3 Å². The van der Waals surface area contributed by atoms with Crippen molar-refractivity contribution in [2.24, 2.45) is 7.05 Å². The number of ketones is 1. The first-order valence-corrected chi connectivity index (χ1v) is 7.52. The Balaban J connectivity index is 2.28. The molecule has 0 bridgehead atoms. The van der Waals surface area contributed by atoms with E-state index < -0.39 is 4.92 Å². The fourth-order valence-corrected chi connectivity index (χ4v) is 2.13. The third kappa shape index (κ3) is 3.77. The van der Waals surface area contributed by atoms with Gasteiger partial charge < -0.3 is 14.8 Å². The van der Waals surface area contributed by atoms with Crippen molar-refractivity contribution < 1.29 is 9.72 Å². The number of imidazole rings is 1. The average molecular weight is 331 g/mol. The second-order valence-electron chi connectivity index (χ2n) is 5.87. The Hall–Kier alpha value is -2.74. The number of rotatable bonds is 7. The SMILES string of the molecule is C[C@H](CNc1ccc(C(=O)c2nccn2C)cc1[N+](=O)[O-])N(C)C. The molecule has 1 N–H and O–H groups in total. The van der Waals surface area contributed by atoms with Gasteiger partial charge in [0.15, 0.2) is 5.82 Å². The van der Waals surface area contributed by atoms with E-state index in [0.717, 1.165) is 0 Å². The van der Waals surface area contributed by atoms with Crippen LogP contribution in [0.4, 0.5) is 11.4 Å².